The molecule has 15 heavy (non-hydrogen) atoms. The molecule has 0 spiro atoms. The molecule has 0 N–H and O–H groups in total. The highest BCUT2D eigenvalue weighted by Crippen LogP contribution is 2.25. The molecule has 2 aromatic rings. The van der Waals surface area contributed by atoms with Crippen LogP contribution in [0.25, 0.3) is 11.6 Å². The lowest BCUT2D eigenvalue weighted by Gasteiger charge is -2.01. The summed E-state index contributed by atoms with van der Waals surface area (Å²) in [6.45, 7) is 3.61. The maximum Gasteiger partial charge on any atom is 0.198 e. The molecule has 78 valence electrons. The largest absolute Gasteiger partial charge is 0.458 e. The molecule has 0 amide bonds. The molecule has 0 atom stereocenters. The van der Waals surface area contributed by atoms with Crippen LogP contribution >= 0.6 is 23.2 Å². The van der Waals surface area contributed by atoms with Crippen LogP contribution in [-0.4, -0.2) is 9.97 Å². The zero-order chi connectivity index (χ0) is 11.0. The van der Waals surface area contributed by atoms with Crippen molar-refractivity contribution in [1.29, 1.82) is 0 Å². The summed E-state index contributed by atoms with van der Waals surface area (Å²) in [6, 6.07) is 3.62. The molecule has 0 aromatic carbocycles. The summed E-state index contributed by atoms with van der Waals surface area (Å²) in [7, 11) is 0. The second-order valence-corrected chi connectivity index (χ2v) is 3.88. The lowest BCUT2D eigenvalue weighted by molar-refractivity contribution is 0.544. The number of furan rings is 1. The summed E-state index contributed by atoms with van der Waals surface area (Å²) in [6.07, 6.45) is 0. The van der Waals surface area contributed by atoms with Gasteiger partial charge >= 0.3 is 0 Å². The normalized spacial score (nSPS) is 10.7. The van der Waals surface area contributed by atoms with Gasteiger partial charge in [0, 0.05) is 5.56 Å². The average molecular weight is 243 g/mol. The molecule has 0 aliphatic heterocycles. The molecule has 0 fully saturated rings. The Morgan fingerprint density at radius 1 is 1.07 bits per heavy atom. The maximum atomic E-state index is 5.90. The number of aromatic nitrogens is 2. The van der Waals surface area contributed by atoms with E-state index >= 15 is 0 Å². The third-order valence-corrected chi connectivity index (χ3v) is 2.72. The zero-order valence-electron chi connectivity index (χ0n) is 8.21. The molecule has 5 heteroatoms. The Morgan fingerprint density at radius 2 is 1.67 bits per heavy atom. The van der Waals surface area contributed by atoms with Gasteiger partial charge in [0.25, 0.3) is 0 Å². The Hall–Kier alpha value is -1.06. The first kappa shape index (κ1) is 10.5. The van der Waals surface area contributed by atoms with E-state index in [0.717, 1.165) is 5.76 Å². The van der Waals surface area contributed by atoms with Crippen LogP contribution in [0.15, 0.2) is 16.5 Å². The van der Waals surface area contributed by atoms with Crippen LogP contribution in [0, 0.1) is 13.8 Å². The van der Waals surface area contributed by atoms with Gasteiger partial charge in [-0.25, -0.2) is 9.97 Å². The third-order valence-electron chi connectivity index (χ3n) is 1.99. The molecule has 0 saturated carbocycles. The summed E-state index contributed by atoms with van der Waals surface area (Å²) in [5.74, 6) is 1.77. The lowest BCUT2D eigenvalue weighted by Crippen LogP contribution is -1.92. The van der Waals surface area contributed by atoms with Crippen LogP contribution in [-0.2, 0) is 0 Å². The molecule has 3 nitrogen and oxygen atoms in total. The van der Waals surface area contributed by atoms with E-state index in [4.69, 9.17) is 27.6 Å². The van der Waals surface area contributed by atoms with Gasteiger partial charge in [-0.15, -0.1) is 0 Å². The van der Waals surface area contributed by atoms with Crippen molar-refractivity contribution in [3.63, 3.8) is 0 Å². The van der Waals surface area contributed by atoms with Crippen LogP contribution in [0.1, 0.15) is 11.3 Å². The van der Waals surface area contributed by atoms with E-state index in [1.165, 1.54) is 0 Å². The molecule has 0 radical (unpaired) electrons. The van der Waals surface area contributed by atoms with Crippen molar-refractivity contribution >= 4 is 23.2 Å². The Labute approximate surface area is 97.1 Å². The van der Waals surface area contributed by atoms with Crippen molar-refractivity contribution in [2.75, 3.05) is 0 Å². The highest BCUT2D eigenvalue weighted by molar-refractivity contribution is 6.34. The summed E-state index contributed by atoms with van der Waals surface area (Å²) >= 11 is 11.8. The van der Waals surface area contributed by atoms with Gasteiger partial charge in [-0.2, -0.15) is 0 Å². The number of hydrogen-bond acceptors (Lipinski definition) is 3. The van der Waals surface area contributed by atoms with Crippen molar-refractivity contribution in [1.82, 2.24) is 9.97 Å². The zero-order valence-corrected chi connectivity index (χ0v) is 9.73. The Bertz CT molecular complexity index is 485. The van der Waals surface area contributed by atoms with E-state index in [2.05, 4.69) is 9.97 Å². The number of nitrogens with zero attached hydrogens (tertiary/aromatic N) is 2. The molecule has 0 bridgehead atoms. The molecule has 0 saturated heterocycles. The third kappa shape index (κ3) is 1.98. The number of aryl methyl sites for hydroxylation is 1. The minimum atomic E-state index is 0.346. The second-order valence-electron chi connectivity index (χ2n) is 3.16. The van der Waals surface area contributed by atoms with Crippen LogP contribution in [0.5, 0.6) is 0 Å². The first-order chi connectivity index (χ1) is 7.08. The first-order valence-electron chi connectivity index (χ1n) is 4.34. The fourth-order valence-corrected chi connectivity index (χ4v) is 1.52. The van der Waals surface area contributed by atoms with Gasteiger partial charge in [0.2, 0.25) is 0 Å². The molecule has 0 aliphatic carbocycles. The standard InChI is InChI=1S/C10H8Cl2N2O/c1-5-3-4-7(15-5)10-13-8(11)6(2)9(12)14-10/h3-4H,1-2H3. The van der Waals surface area contributed by atoms with E-state index in [9.17, 15) is 0 Å². The highest BCUT2D eigenvalue weighted by Gasteiger charge is 2.11. The quantitative estimate of drug-likeness (QED) is 0.717. The van der Waals surface area contributed by atoms with Crippen molar-refractivity contribution in [3.8, 4) is 11.6 Å². The molecular formula is C10H8Cl2N2O. The van der Waals surface area contributed by atoms with Crippen LogP contribution in [0.3, 0.4) is 0 Å². The number of hydrogen-bond donors (Lipinski definition) is 0. The molecule has 2 aromatic heterocycles. The van der Waals surface area contributed by atoms with Gasteiger partial charge < -0.3 is 4.42 Å². The average Bonchev–Trinajstić information content (AvgIpc) is 2.60. The Balaban J connectivity index is 2.55. The van der Waals surface area contributed by atoms with Crippen molar-refractivity contribution in [2.45, 2.75) is 13.8 Å². The lowest BCUT2D eigenvalue weighted by atomic mass is 10.3. The fraction of sp³-hybridized carbons (Fsp3) is 0.200. The summed E-state index contributed by atoms with van der Waals surface area (Å²) in [5, 5.41) is 0.693. The summed E-state index contributed by atoms with van der Waals surface area (Å²) in [4.78, 5) is 8.19. The van der Waals surface area contributed by atoms with Crippen molar-refractivity contribution < 1.29 is 4.42 Å². The van der Waals surface area contributed by atoms with Gasteiger partial charge in [-0.1, -0.05) is 23.2 Å². The predicted molar refractivity (Wildman–Crippen MR) is 59.2 cm³/mol. The van der Waals surface area contributed by atoms with E-state index in [1.807, 2.05) is 13.0 Å². The minimum absolute atomic E-state index is 0.346. The second kappa shape index (κ2) is 3.83. The van der Waals surface area contributed by atoms with Crippen LogP contribution in [0.2, 0.25) is 10.3 Å². The van der Waals surface area contributed by atoms with E-state index in [0.29, 0.717) is 27.5 Å². The van der Waals surface area contributed by atoms with Crippen molar-refractivity contribution in [3.05, 3.63) is 33.8 Å². The van der Waals surface area contributed by atoms with Crippen LogP contribution < -0.4 is 0 Å². The maximum absolute atomic E-state index is 5.90. The van der Waals surface area contributed by atoms with Gasteiger partial charge in [0.1, 0.15) is 16.1 Å². The van der Waals surface area contributed by atoms with E-state index in [-0.39, 0.29) is 0 Å². The predicted octanol–water partition coefficient (Wildman–Crippen LogP) is 3.66. The molecule has 2 heterocycles. The Kier molecular flexibility index (Phi) is 2.67. The molecular weight excluding hydrogens is 235 g/mol. The monoisotopic (exact) mass is 242 g/mol. The SMILES string of the molecule is Cc1ccc(-c2nc(Cl)c(C)c(Cl)n2)o1. The first-order valence-corrected chi connectivity index (χ1v) is 5.10. The van der Waals surface area contributed by atoms with E-state index in [1.54, 1.807) is 13.0 Å². The van der Waals surface area contributed by atoms with Gasteiger partial charge in [0.05, 0.1) is 0 Å². The smallest absolute Gasteiger partial charge is 0.198 e. The number of halogens is 2. The van der Waals surface area contributed by atoms with Crippen molar-refractivity contribution in [2.24, 2.45) is 0 Å². The fourth-order valence-electron chi connectivity index (χ4n) is 1.13. The molecule has 0 unspecified atom stereocenters. The highest BCUT2D eigenvalue weighted by atomic mass is 35.5. The van der Waals surface area contributed by atoms with Crippen LogP contribution in [0.4, 0.5) is 0 Å². The van der Waals surface area contributed by atoms with Gasteiger partial charge in [0.15, 0.2) is 11.6 Å². The summed E-state index contributed by atoms with van der Waals surface area (Å²) < 4.78 is 5.38. The van der Waals surface area contributed by atoms with Gasteiger partial charge in [-0.05, 0) is 26.0 Å². The number of rotatable bonds is 1. The molecule has 2 rings (SSSR count). The topological polar surface area (TPSA) is 38.9 Å². The van der Waals surface area contributed by atoms with E-state index < -0.39 is 0 Å². The minimum Gasteiger partial charge on any atom is -0.458 e. The Morgan fingerprint density at radius 3 is 2.13 bits per heavy atom. The van der Waals surface area contributed by atoms with Gasteiger partial charge in [-0.3, -0.25) is 0 Å². The molecule has 0 aliphatic rings. The summed E-state index contributed by atoms with van der Waals surface area (Å²) in [5.41, 5.74) is 0.672.